The second-order valence-corrected chi connectivity index (χ2v) is 10.6. The lowest BCUT2D eigenvalue weighted by Gasteiger charge is -2.13. The van der Waals surface area contributed by atoms with Gasteiger partial charge in [-0.05, 0) is 48.9 Å². The van der Waals surface area contributed by atoms with Crippen LogP contribution in [0.3, 0.4) is 0 Å². The minimum Gasteiger partial charge on any atom is -0.298 e. The first-order valence-corrected chi connectivity index (χ1v) is 12.8. The summed E-state index contributed by atoms with van der Waals surface area (Å²) in [6.07, 6.45) is 0.971. The minimum absolute atomic E-state index is 0.0144. The van der Waals surface area contributed by atoms with Crippen molar-refractivity contribution in [3.8, 4) is 5.69 Å². The van der Waals surface area contributed by atoms with Gasteiger partial charge >= 0.3 is 0 Å². The number of benzene rings is 2. The third-order valence-electron chi connectivity index (χ3n) is 5.05. The van der Waals surface area contributed by atoms with E-state index in [-0.39, 0.29) is 29.3 Å². The number of thioether (sulfide) groups is 2. The maximum absolute atomic E-state index is 13.4. The number of nitrogens with zero attached hydrogens (tertiary/aromatic N) is 3. The fraction of sp³-hybridized carbons (Fsp3) is 0.217. The molecule has 4 aromatic rings. The standard InChI is InChI=1S/C23H18FN3O2S3/c1-13-2-7-17-19(10-13)32-20(25-17)11-16(28)12-31-23-26-18-8-9-30-21(18)22(29)27(23)15-5-3-14(24)4-6-15/h2-7,10H,8-9,11-12H2,1H3. The molecule has 9 heteroatoms. The van der Waals surface area contributed by atoms with E-state index in [0.717, 1.165) is 38.7 Å². The van der Waals surface area contributed by atoms with Gasteiger partial charge in [0, 0.05) is 12.2 Å². The molecule has 0 saturated heterocycles. The first kappa shape index (κ1) is 21.4. The van der Waals surface area contributed by atoms with Crippen molar-refractivity contribution in [3.05, 3.63) is 74.9 Å². The van der Waals surface area contributed by atoms with Crippen molar-refractivity contribution in [2.24, 2.45) is 0 Å². The highest BCUT2D eigenvalue weighted by Crippen LogP contribution is 2.30. The molecule has 0 atom stereocenters. The number of fused-ring (bicyclic) bond motifs is 2. The molecule has 0 bridgehead atoms. The molecule has 0 unspecified atom stereocenters. The zero-order chi connectivity index (χ0) is 22.2. The van der Waals surface area contributed by atoms with Gasteiger partial charge in [-0.2, -0.15) is 0 Å². The lowest BCUT2D eigenvalue weighted by atomic mass is 10.2. The summed E-state index contributed by atoms with van der Waals surface area (Å²) in [5.41, 5.74) is 3.21. The predicted octanol–water partition coefficient (Wildman–Crippen LogP) is 4.84. The first-order valence-electron chi connectivity index (χ1n) is 10.0. The van der Waals surface area contributed by atoms with Crippen LogP contribution < -0.4 is 5.56 Å². The van der Waals surface area contributed by atoms with E-state index in [4.69, 9.17) is 0 Å². The molecule has 5 rings (SSSR count). The van der Waals surface area contributed by atoms with Crippen LogP contribution in [0.1, 0.15) is 16.3 Å². The van der Waals surface area contributed by atoms with Gasteiger partial charge in [0.2, 0.25) is 0 Å². The average Bonchev–Trinajstić information content (AvgIpc) is 3.39. The first-order chi connectivity index (χ1) is 15.5. The average molecular weight is 484 g/mol. The van der Waals surface area contributed by atoms with Crippen LogP contribution in [-0.4, -0.2) is 31.8 Å². The van der Waals surface area contributed by atoms with Gasteiger partial charge in [-0.1, -0.05) is 17.8 Å². The molecule has 1 aliphatic rings. The molecule has 0 aliphatic carbocycles. The molecule has 0 spiro atoms. The lowest BCUT2D eigenvalue weighted by Crippen LogP contribution is -2.24. The number of rotatable bonds is 6. The number of ketones is 1. The van der Waals surface area contributed by atoms with Gasteiger partial charge in [-0.15, -0.1) is 23.1 Å². The lowest BCUT2D eigenvalue weighted by molar-refractivity contribution is -0.116. The molecule has 32 heavy (non-hydrogen) atoms. The highest BCUT2D eigenvalue weighted by Gasteiger charge is 2.23. The van der Waals surface area contributed by atoms with Gasteiger partial charge < -0.3 is 0 Å². The molecule has 2 aromatic carbocycles. The molecule has 5 nitrogen and oxygen atoms in total. The highest BCUT2D eigenvalue weighted by molar-refractivity contribution is 8.00. The van der Waals surface area contributed by atoms with E-state index >= 15 is 0 Å². The molecular formula is C23H18FN3O2S3. The summed E-state index contributed by atoms with van der Waals surface area (Å²) in [6, 6.07) is 11.8. The second kappa shape index (κ2) is 8.80. The molecule has 2 aromatic heterocycles. The molecular weight excluding hydrogens is 465 g/mol. The van der Waals surface area contributed by atoms with E-state index in [2.05, 4.69) is 16.0 Å². The number of aryl methyl sites for hydroxylation is 2. The third-order valence-corrected chi connectivity index (χ3v) is 8.17. The van der Waals surface area contributed by atoms with E-state index in [1.54, 1.807) is 12.1 Å². The van der Waals surface area contributed by atoms with Gasteiger partial charge in [0.1, 0.15) is 16.6 Å². The second-order valence-electron chi connectivity index (χ2n) is 7.47. The van der Waals surface area contributed by atoms with E-state index in [9.17, 15) is 14.0 Å². The van der Waals surface area contributed by atoms with Crippen LogP contribution in [0, 0.1) is 12.7 Å². The number of hydrogen-bond donors (Lipinski definition) is 0. The van der Waals surface area contributed by atoms with Gasteiger partial charge in [0.15, 0.2) is 5.16 Å². The number of carbonyl (C=O) groups excluding carboxylic acids is 1. The Kier molecular flexibility index (Phi) is 5.88. The summed E-state index contributed by atoms with van der Waals surface area (Å²) in [4.78, 5) is 35.7. The number of aromatic nitrogens is 3. The van der Waals surface area contributed by atoms with Crippen LogP contribution in [0.5, 0.6) is 0 Å². The van der Waals surface area contributed by atoms with Crippen LogP contribution in [0.25, 0.3) is 15.9 Å². The van der Waals surface area contributed by atoms with Crippen LogP contribution >= 0.6 is 34.9 Å². The molecule has 0 amide bonds. The van der Waals surface area contributed by atoms with Crippen molar-refractivity contribution in [1.29, 1.82) is 0 Å². The summed E-state index contributed by atoms with van der Waals surface area (Å²) in [5, 5.41) is 1.24. The maximum Gasteiger partial charge on any atom is 0.272 e. The monoisotopic (exact) mass is 483 g/mol. The van der Waals surface area contributed by atoms with Gasteiger partial charge in [0.25, 0.3) is 5.56 Å². The summed E-state index contributed by atoms with van der Waals surface area (Å²) < 4.78 is 16.0. The fourth-order valence-electron chi connectivity index (χ4n) is 3.53. The molecule has 0 radical (unpaired) electrons. The Labute approximate surface area is 196 Å². The minimum atomic E-state index is -0.374. The number of Topliss-reactive ketones (excluding diaryl/α,β-unsaturated/α-hetero) is 1. The highest BCUT2D eigenvalue weighted by atomic mass is 32.2. The molecule has 0 fully saturated rings. The van der Waals surface area contributed by atoms with Crippen molar-refractivity contribution in [1.82, 2.24) is 14.5 Å². The topological polar surface area (TPSA) is 64.8 Å². The molecule has 0 N–H and O–H groups in total. The molecule has 162 valence electrons. The van der Waals surface area contributed by atoms with Crippen molar-refractivity contribution in [2.45, 2.75) is 29.8 Å². The predicted molar refractivity (Wildman–Crippen MR) is 128 cm³/mol. The number of hydrogen-bond acceptors (Lipinski definition) is 7. The molecule has 0 saturated carbocycles. The van der Waals surface area contributed by atoms with Crippen LogP contribution in [-0.2, 0) is 17.6 Å². The van der Waals surface area contributed by atoms with Crippen molar-refractivity contribution < 1.29 is 9.18 Å². The largest absolute Gasteiger partial charge is 0.298 e. The Hall–Kier alpha value is -2.49. The molecule has 1 aliphatic heterocycles. The van der Waals surface area contributed by atoms with Crippen LogP contribution in [0.4, 0.5) is 4.39 Å². The number of halogens is 1. The van der Waals surface area contributed by atoms with Crippen molar-refractivity contribution >= 4 is 50.9 Å². The smallest absolute Gasteiger partial charge is 0.272 e. The van der Waals surface area contributed by atoms with Gasteiger partial charge in [-0.25, -0.2) is 14.4 Å². The fourth-order valence-corrected chi connectivity index (χ4v) is 6.53. The Morgan fingerprint density at radius 1 is 1.19 bits per heavy atom. The zero-order valence-electron chi connectivity index (χ0n) is 17.1. The normalized spacial score (nSPS) is 12.9. The van der Waals surface area contributed by atoms with Crippen LogP contribution in [0.2, 0.25) is 0 Å². The summed E-state index contributed by atoms with van der Waals surface area (Å²) in [7, 11) is 0. The quantitative estimate of drug-likeness (QED) is 0.289. The van der Waals surface area contributed by atoms with Gasteiger partial charge in [-0.3, -0.25) is 14.2 Å². The van der Waals surface area contributed by atoms with E-state index in [1.165, 1.54) is 51.6 Å². The van der Waals surface area contributed by atoms with Crippen molar-refractivity contribution in [2.75, 3.05) is 11.5 Å². The van der Waals surface area contributed by atoms with E-state index < -0.39 is 0 Å². The van der Waals surface area contributed by atoms with E-state index in [0.29, 0.717) is 15.7 Å². The summed E-state index contributed by atoms with van der Waals surface area (Å²) in [6.45, 7) is 2.03. The van der Waals surface area contributed by atoms with Crippen LogP contribution in [0.15, 0.2) is 57.3 Å². The Bertz CT molecular complexity index is 1400. The summed E-state index contributed by atoms with van der Waals surface area (Å²) in [5.74, 6) is 0.626. The molecule has 3 heterocycles. The number of thiazole rings is 1. The maximum atomic E-state index is 13.4. The third kappa shape index (κ3) is 4.24. The Morgan fingerprint density at radius 3 is 2.81 bits per heavy atom. The zero-order valence-corrected chi connectivity index (χ0v) is 19.6. The summed E-state index contributed by atoms with van der Waals surface area (Å²) >= 11 is 4.26. The van der Waals surface area contributed by atoms with Gasteiger partial charge in [0.05, 0.1) is 38.7 Å². The Balaban J connectivity index is 1.39. The number of carbonyl (C=O) groups is 1. The SMILES string of the molecule is Cc1ccc2nc(CC(=O)CSc3nc4c(c(=O)n3-c3ccc(F)cc3)SCC4)sc2c1. The van der Waals surface area contributed by atoms with E-state index in [1.807, 2.05) is 19.1 Å². The van der Waals surface area contributed by atoms with Crippen molar-refractivity contribution in [3.63, 3.8) is 0 Å². The Morgan fingerprint density at radius 2 is 2.00 bits per heavy atom.